The van der Waals surface area contributed by atoms with Crippen molar-refractivity contribution in [2.75, 3.05) is 6.54 Å². The van der Waals surface area contributed by atoms with E-state index < -0.39 is 6.10 Å². The van der Waals surface area contributed by atoms with Gasteiger partial charge in [0, 0.05) is 10.6 Å². The quantitative estimate of drug-likeness (QED) is 0.792. The van der Waals surface area contributed by atoms with Crippen LogP contribution in [0.15, 0.2) is 18.2 Å². The van der Waals surface area contributed by atoms with Gasteiger partial charge in [-0.05, 0) is 25.1 Å². The molecule has 1 amide bonds. The van der Waals surface area contributed by atoms with E-state index in [1.165, 1.54) is 0 Å². The number of carbonyl (C=O) groups is 1. The second kappa shape index (κ2) is 6.90. The van der Waals surface area contributed by atoms with Gasteiger partial charge in [-0.15, -0.1) is 6.42 Å². The van der Waals surface area contributed by atoms with Crippen LogP contribution in [0.2, 0.25) is 5.02 Å². The maximum atomic E-state index is 11.6. The molecule has 0 saturated carbocycles. The van der Waals surface area contributed by atoms with Gasteiger partial charge < -0.3 is 15.2 Å². The van der Waals surface area contributed by atoms with Gasteiger partial charge in [-0.1, -0.05) is 17.5 Å². The normalized spacial score (nSPS) is 11.4. The number of hydrogen-bond donors (Lipinski definition) is 2. The van der Waals surface area contributed by atoms with E-state index >= 15 is 0 Å². The molecule has 0 radical (unpaired) electrons. The van der Waals surface area contributed by atoms with E-state index in [1.54, 1.807) is 25.1 Å². The predicted molar refractivity (Wildman–Crippen MR) is 69.3 cm³/mol. The number of aliphatic hydroxyl groups excluding tert-OH is 1. The largest absolute Gasteiger partial charge is 0.481 e. The maximum absolute atomic E-state index is 11.6. The first-order valence-electron chi connectivity index (χ1n) is 5.35. The first kappa shape index (κ1) is 14.4. The Labute approximate surface area is 111 Å². The fourth-order valence-electron chi connectivity index (χ4n) is 1.31. The molecule has 0 saturated heterocycles. The van der Waals surface area contributed by atoms with Crippen molar-refractivity contribution in [2.24, 2.45) is 0 Å². The summed E-state index contributed by atoms with van der Waals surface area (Å²) in [6.45, 7) is 1.54. The zero-order chi connectivity index (χ0) is 13.5. The summed E-state index contributed by atoms with van der Waals surface area (Å²) in [7, 11) is 0. The van der Waals surface area contributed by atoms with Crippen LogP contribution >= 0.6 is 11.6 Å². The molecule has 0 aliphatic rings. The fourth-order valence-corrected chi connectivity index (χ4v) is 1.51. The Morgan fingerprint density at radius 1 is 1.67 bits per heavy atom. The third-order valence-electron chi connectivity index (χ3n) is 2.23. The molecule has 5 heteroatoms. The molecule has 0 aliphatic heterocycles. The van der Waals surface area contributed by atoms with Crippen molar-refractivity contribution >= 4 is 17.5 Å². The van der Waals surface area contributed by atoms with Crippen LogP contribution in [0, 0.1) is 12.3 Å². The minimum atomic E-state index is -0.704. The lowest BCUT2D eigenvalue weighted by Gasteiger charge is -2.16. The third-order valence-corrected chi connectivity index (χ3v) is 2.47. The highest BCUT2D eigenvalue weighted by atomic mass is 35.5. The number of rotatable bonds is 5. The van der Waals surface area contributed by atoms with Crippen LogP contribution in [0.5, 0.6) is 5.75 Å². The standard InChI is InChI=1S/C13H14ClNO3/c1-3-6-15-13(17)9(2)18-12-5-4-11(14)7-10(12)8-16/h1,4-5,7,9,16H,6,8H2,2H3,(H,15,17). The van der Waals surface area contributed by atoms with Gasteiger partial charge >= 0.3 is 0 Å². The highest BCUT2D eigenvalue weighted by Crippen LogP contribution is 2.23. The van der Waals surface area contributed by atoms with Gasteiger partial charge in [0.15, 0.2) is 6.10 Å². The highest BCUT2D eigenvalue weighted by Gasteiger charge is 2.15. The summed E-state index contributed by atoms with van der Waals surface area (Å²) in [5.41, 5.74) is 0.527. The molecule has 18 heavy (non-hydrogen) atoms. The Morgan fingerprint density at radius 2 is 2.39 bits per heavy atom. The lowest BCUT2D eigenvalue weighted by atomic mass is 10.2. The van der Waals surface area contributed by atoms with Gasteiger partial charge in [-0.3, -0.25) is 4.79 Å². The van der Waals surface area contributed by atoms with Crippen molar-refractivity contribution < 1.29 is 14.6 Å². The van der Waals surface area contributed by atoms with Gasteiger partial charge in [0.2, 0.25) is 0 Å². The first-order chi connectivity index (χ1) is 8.58. The molecule has 2 N–H and O–H groups in total. The van der Waals surface area contributed by atoms with Crippen molar-refractivity contribution in [2.45, 2.75) is 19.6 Å². The summed E-state index contributed by atoms with van der Waals surface area (Å²) in [6.07, 6.45) is 4.33. The molecule has 0 aromatic heterocycles. The van der Waals surface area contributed by atoms with Gasteiger partial charge in [-0.2, -0.15) is 0 Å². The minimum absolute atomic E-state index is 0.153. The van der Waals surface area contributed by atoms with E-state index in [0.717, 1.165) is 0 Å². The average Bonchev–Trinajstić information content (AvgIpc) is 2.37. The summed E-state index contributed by atoms with van der Waals surface area (Å²) < 4.78 is 5.45. The molecule has 0 aliphatic carbocycles. The van der Waals surface area contributed by atoms with Crippen LogP contribution in [0.4, 0.5) is 0 Å². The predicted octanol–water partition coefficient (Wildman–Crippen LogP) is 1.35. The molecule has 4 nitrogen and oxygen atoms in total. The summed E-state index contributed by atoms with van der Waals surface area (Å²) in [6, 6.07) is 4.82. The second-order valence-corrected chi connectivity index (χ2v) is 4.03. The first-order valence-corrected chi connectivity index (χ1v) is 5.73. The van der Waals surface area contributed by atoms with Crippen LogP contribution in [0.1, 0.15) is 12.5 Å². The maximum Gasteiger partial charge on any atom is 0.261 e. The van der Waals surface area contributed by atoms with Crippen molar-refractivity contribution in [3.8, 4) is 18.1 Å². The van der Waals surface area contributed by atoms with Crippen molar-refractivity contribution in [3.63, 3.8) is 0 Å². The van der Waals surface area contributed by atoms with E-state index in [0.29, 0.717) is 16.3 Å². The van der Waals surface area contributed by atoms with E-state index in [1.807, 2.05) is 0 Å². The highest BCUT2D eigenvalue weighted by molar-refractivity contribution is 6.30. The molecular formula is C13H14ClNO3. The van der Waals surface area contributed by atoms with Gasteiger partial charge in [0.1, 0.15) is 5.75 Å². The molecule has 0 fully saturated rings. The molecule has 0 bridgehead atoms. The van der Waals surface area contributed by atoms with E-state index in [9.17, 15) is 9.90 Å². The summed E-state index contributed by atoms with van der Waals surface area (Å²) >= 11 is 5.80. The Hall–Kier alpha value is -1.70. The van der Waals surface area contributed by atoms with Crippen molar-refractivity contribution in [3.05, 3.63) is 28.8 Å². The topological polar surface area (TPSA) is 58.6 Å². The number of ether oxygens (including phenoxy) is 1. The number of hydrogen-bond acceptors (Lipinski definition) is 3. The Bertz CT molecular complexity index is 468. The molecule has 1 aromatic carbocycles. The van der Waals surface area contributed by atoms with Crippen molar-refractivity contribution in [1.82, 2.24) is 5.32 Å². The molecule has 1 atom stereocenters. The van der Waals surface area contributed by atoms with Crippen molar-refractivity contribution in [1.29, 1.82) is 0 Å². The van der Waals surface area contributed by atoms with Crippen LogP contribution in [-0.2, 0) is 11.4 Å². The fraction of sp³-hybridized carbons (Fsp3) is 0.308. The van der Waals surface area contributed by atoms with Crippen LogP contribution in [-0.4, -0.2) is 23.7 Å². The average molecular weight is 268 g/mol. The smallest absolute Gasteiger partial charge is 0.261 e. The van der Waals surface area contributed by atoms with E-state index in [2.05, 4.69) is 11.2 Å². The van der Waals surface area contributed by atoms with Crippen LogP contribution < -0.4 is 10.1 Å². The number of carbonyl (C=O) groups excluding carboxylic acids is 1. The monoisotopic (exact) mass is 267 g/mol. The van der Waals surface area contributed by atoms with Gasteiger partial charge in [0.25, 0.3) is 5.91 Å². The zero-order valence-corrected chi connectivity index (χ0v) is 10.7. The summed E-state index contributed by atoms with van der Waals surface area (Å²) in [4.78, 5) is 11.6. The summed E-state index contributed by atoms with van der Waals surface area (Å²) in [5.74, 6) is 2.41. The number of amides is 1. The number of nitrogens with one attached hydrogen (secondary N) is 1. The molecular weight excluding hydrogens is 254 g/mol. The minimum Gasteiger partial charge on any atom is -0.481 e. The number of halogens is 1. The second-order valence-electron chi connectivity index (χ2n) is 3.59. The van der Waals surface area contributed by atoms with E-state index in [4.69, 9.17) is 22.8 Å². The van der Waals surface area contributed by atoms with Gasteiger partial charge in [0.05, 0.1) is 13.2 Å². The lowest BCUT2D eigenvalue weighted by molar-refractivity contribution is -0.127. The molecule has 96 valence electrons. The zero-order valence-electron chi connectivity index (χ0n) is 9.94. The Balaban J connectivity index is 2.72. The molecule has 1 aromatic rings. The third kappa shape index (κ3) is 3.95. The summed E-state index contributed by atoms with van der Waals surface area (Å²) in [5, 5.41) is 12.2. The number of aliphatic hydroxyl groups is 1. The van der Waals surface area contributed by atoms with Gasteiger partial charge in [-0.25, -0.2) is 0 Å². The number of benzene rings is 1. The Kier molecular flexibility index (Phi) is 5.50. The van der Waals surface area contributed by atoms with E-state index in [-0.39, 0.29) is 19.1 Å². The van der Waals surface area contributed by atoms with Crippen LogP contribution in [0.3, 0.4) is 0 Å². The molecule has 1 rings (SSSR count). The molecule has 1 unspecified atom stereocenters. The molecule has 0 spiro atoms. The Morgan fingerprint density at radius 3 is 3.00 bits per heavy atom. The molecule has 0 heterocycles. The lowest BCUT2D eigenvalue weighted by Crippen LogP contribution is -2.36. The van der Waals surface area contributed by atoms with Crippen LogP contribution in [0.25, 0.3) is 0 Å². The number of terminal acetylenes is 1. The SMILES string of the molecule is C#CCNC(=O)C(C)Oc1ccc(Cl)cc1CO.